The number of carbonyl (C=O) groups is 3. The largest absolute Gasteiger partial charge is 0.497 e. The van der Waals surface area contributed by atoms with Crippen molar-refractivity contribution < 1.29 is 28.2 Å². The topological polar surface area (TPSA) is 118 Å². The number of hydrogen-bond acceptors (Lipinski definition) is 6. The van der Waals surface area contributed by atoms with Gasteiger partial charge in [-0.2, -0.15) is 5.26 Å². The van der Waals surface area contributed by atoms with Crippen LogP contribution in [-0.2, 0) is 14.3 Å². The van der Waals surface area contributed by atoms with E-state index in [0.29, 0.717) is 11.3 Å². The fourth-order valence-electron chi connectivity index (χ4n) is 2.12. The highest BCUT2D eigenvalue weighted by Gasteiger charge is 2.15. The van der Waals surface area contributed by atoms with Crippen LogP contribution in [0.15, 0.2) is 54.1 Å². The van der Waals surface area contributed by atoms with Gasteiger partial charge in [0, 0.05) is 0 Å². The van der Waals surface area contributed by atoms with E-state index in [2.05, 4.69) is 5.32 Å². The summed E-state index contributed by atoms with van der Waals surface area (Å²) in [4.78, 5) is 35.4. The summed E-state index contributed by atoms with van der Waals surface area (Å²) >= 11 is 0. The second kappa shape index (κ2) is 10.2. The maximum Gasteiger partial charge on any atom is 0.349 e. The molecule has 2 aromatic carbocycles. The molecule has 0 aliphatic carbocycles. The molecule has 0 fully saturated rings. The number of hydrogen-bond donors (Lipinski definition) is 2. The predicted molar refractivity (Wildman–Crippen MR) is 101 cm³/mol. The summed E-state index contributed by atoms with van der Waals surface area (Å²) in [5.74, 6) is -2.14. The number of nitriles is 1. The minimum atomic E-state index is -1.04. The van der Waals surface area contributed by atoms with E-state index in [1.54, 1.807) is 30.3 Å². The first-order valence-electron chi connectivity index (χ1n) is 8.21. The van der Waals surface area contributed by atoms with Crippen LogP contribution in [0.2, 0.25) is 0 Å². The van der Waals surface area contributed by atoms with Gasteiger partial charge in [0.25, 0.3) is 5.91 Å². The molecule has 0 saturated carbocycles. The first-order valence-corrected chi connectivity index (χ1v) is 8.21. The molecule has 3 amide bonds. The number of urea groups is 1. The van der Waals surface area contributed by atoms with E-state index in [1.165, 1.54) is 31.4 Å². The number of ether oxygens (including phenoxy) is 2. The van der Waals surface area contributed by atoms with E-state index in [0.717, 1.165) is 6.07 Å². The lowest BCUT2D eigenvalue weighted by molar-refractivity contribution is -0.144. The van der Waals surface area contributed by atoms with Crippen molar-refractivity contribution in [2.75, 3.05) is 19.0 Å². The van der Waals surface area contributed by atoms with Gasteiger partial charge >= 0.3 is 12.0 Å². The first-order chi connectivity index (χ1) is 13.9. The fourth-order valence-corrected chi connectivity index (χ4v) is 2.12. The molecule has 0 aromatic heterocycles. The molecule has 0 heterocycles. The van der Waals surface area contributed by atoms with Gasteiger partial charge in [-0.05, 0) is 35.9 Å². The number of esters is 1. The molecule has 0 bridgehead atoms. The van der Waals surface area contributed by atoms with Crippen LogP contribution in [0.25, 0.3) is 6.08 Å². The average Bonchev–Trinajstić information content (AvgIpc) is 2.72. The van der Waals surface area contributed by atoms with Gasteiger partial charge in [0.15, 0.2) is 6.61 Å². The number of methoxy groups -OCH3 is 1. The number of halogens is 1. The summed E-state index contributed by atoms with van der Waals surface area (Å²) in [5.41, 5.74) is 0.0520. The highest BCUT2D eigenvalue weighted by molar-refractivity contribution is 6.03. The summed E-state index contributed by atoms with van der Waals surface area (Å²) in [7, 11) is 1.48. The van der Waals surface area contributed by atoms with Gasteiger partial charge in [-0.15, -0.1) is 0 Å². The van der Waals surface area contributed by atoms with E-state index < -0.39 is 30.3 Å². The van der Waals surface area contributed by atoms with Crippen LogP contribution in [0.3, 0.4) is 0 Å². The predicted octanol–water partition coefficient (Wildman–Crippen LogP) is 2.63. The van der Waals surface area contributed by atoms with Crippen LogP contribution in [0, 0.1) is 17.1 Å². The Hall–Kier alpha value is -4.19. The smallest absolute Gasteiger partial charge is 0.349 e. The highest BCUT2D eigenvalue weighted by Crippen LogP contribution is 2.16. The fraction of sp³-hybridized carbons (Fsp3) is 0.100. The summed E-state index contributed by atoms with van der Waals surface area (Å²) < 4.78 is 23.2. The average molecular weight is 397 g/mol. The molecular weight excluding hydrogens is 381 g/mol. The Morgan fingerprint density at radius 2 is 1.93 bits per heavy atom. The highest BCUT2D eigenvalue weighted by atomic mass is 19.1. The lowest BCUT2D eigenvalue weighted by Crippen LogP contribution is -2.37. The molecule has 0 spiro atoms. The van der Waals surface area contributed by atoms with E-state index in [4.69, 9.17) is 14.7 Å². The molecule has 8 nitrogen and oxygen atoms in total. The number of rotatable bonds is 6. The zero-order chi connectivity index (χ0) is 21.2. The Kier molecular flexibility index (Phi) is 7.44. The molecule has 0 unspecified atom stereocenters. The molecule has 2 N–H and O–H groups in total. The van der Waals surface area contributed by atoms with Crippen LogP contribution in [-0.4, -0.2) is 31.6 Å². The third-order valence-corrected chi connectivity index (χ3v) is 3.45. The van der Waals surface area contributed by atoms with Crippen LogP contribution in [0.1, 0.15) is 5.56 Å². The van der Waals surface area contributed by atoms with Crippen LogP contribution >= 0.6 is 0 Å². The summed E-state index contributed by atoms with van der Waals surface area (Å²) in [6.45, 7) is -0.805. The zero-order valence-corrected chi connectivity index (χ0v) is 15.3. The van der Waals surface area contributed by atoms with E-state index in [-0.39, 0.29) is 11.3 Å². The molecule has 148 valence electrons. The quantitative estimate of drug-likeness (QED) is 0.440. The Morgan fingerprint density at radius 3 is 2.62 bits per heavy atom. The number of para-hydroxylation sites is 1. The second-order valence-electron chi connectivity index (χ2n) is 5.50. The number of carbonyl (C=O) groups excluding carboxylic acids is 3. The van der Waals surface area contributed by atoms with E-state index >= 15 is 0 Å². The molecule has 0 aliphatic rings. The van der Waals surface area contributed by atoms with E-state index in [1.807, 2.05) is 5.32 Å². The number of nitrogens with zero attached hydrogens (tertiary/aromatic N) is 1. The van der Waals surface area contributed by atoms with Crippen molar-refractivity contribution in [2.45, 2.75) is 0 Å². The molecule has 29 heavy (non-hydrogen) atoms. The molecular formula is C20H16FN3O5. The maximum atomic E-state index is 13.5. The Balaban J connectivity index is 1.90. The number of anilines is 1. The minimum Gasteiger partial charge on any atom is -0.497 e. The van der Waals surface area contributed by atoms with Gasteiger partial charge in [0.05, 0.1) is 12.8 Å². The van der Waals surface area contributed by atoms with Crippen molar-refractivity contribution in [1.82, 2.24) is 5.32 Å². The molecule has 0 aliphatic heterocycles. The number of benzene rings is 2. The van der Waals surface area contributed by atoms with Crippen molar-refractivity contribution in [1.29, 1.82) is 5.26 Å². The Labute approximate surface area is 165 Å². The van der Waals surface area contributed by atoms with Gasteiger partial charge in [-0.25, -0.2) is 14.0 Å². The maximum absolute atomic E-state index is 13.5. The molecule has 9 heteroatoms. The van der Waals surface area contributed by atoms with Gasteiger partial charge in [-0.3, -0.25) is 10.1 Å². The summed E-state index contributed by atoms with van der Waals surface area (Å²) in [6, 6.07) is 12.7. The number of imide groups is 1. The standard InChI is InChI=1S/C20H16FN3O5/c1-28-15-6-4-5-13(10-15)9-14(11-22)19(26)29-12-18(25)24-20(27)23-17-8-3-2-7-16(17)21/h2-10H,12H2,1H3,(H2,23,24,25,27)/b14-9+. The van der Waals surface area contributed by atoms with Gasteiger partial charge < -0.3 is 14.8 Å². The van der Waals surface area contributed by atoms with Crippen molar-refractivity contribution in [3.8, 4) is 11.8 Å². The third kappa shape index (κ3) is 6.48. The molecule has 0 saturated heterocycles. The summed E-state index contributed by atoms with van der Waals surface area (Å²) in [6.07, 6.45) is 1.27. The third-order valence-electron chi connectivity index (χ3n) is 3.45. The van der Waals surface area contributed by atoms with Gasteiger partial charge in [-0.1, -0.05) is 24.3 Å². The van der Waals surface area contributed by atoms with Crippen LogP contribution in [0.4, 0.5) is 14.9 Å². The summed E-state index contributed by atoms with van der Waals surface area (Å²) in [5, 5.41) is 13.2. The van der Waals surface area contributed by atoms with Crippen LogP contribution < -0.4 is 15.4 Å². The van der Waals surface area contributed by atoms with Gasteiger partial charge in [0.2, 0.25) is 0 Å². The molecule has 2 aromatic rings. The lowest BCUT2D eigenvalue weighted by atomic mass is 10.1. The van der Waals surface area contributed by atoms with E-state index in [9.17, 15) is 18.8 Å². The normalized spacial score (nSPS) is 10.4. The SMILES string of the molecule is COc1cccc(/C=C(\C#N)C(=O)OCC(=O)NC(=O)Nc2ccccc2F)c1. The van der Waals surface area contributed by atoms with Gasteiger partial charge in [0.1, 0.15) is 23.2 Å². The molecule has 2 rings (SSSR count). The van der Waals surface area contributed by atoms with Crippen molar-refractivity contribution in [2.24, 2.45) is 0 Å². The number of amides is 3. The zero-order valence-electron chi connectivity index (χ0n) is 15.3. The Bertz CT molecular complexity index is 998. The molecule has 0 radical (unpaired) electrons. The monoisotopic (exact) mass is 397 g/mol. The Morgan fingerprint density at radius 1 is 1.17 bits per heavy atom. The minimum absolute atomic E-state index is 0.122. The second-order valence-corrected chi connectivity index (χ2v) is 5.50. The van der Waals surface area contributed by atoms with Crippen molar-refractivity contribution in [3.05, 3.63) is 65.5 Å². The molecule has 0 atom stereocenters. The first kappa shape index (κ1) is 21.1. The number of nitrogens with one attached hydrogen (secondary N) is 2. The van der Waals surface area contributed by atoms with Crippen molar-refractivity contribution >= 4 is 29.7 Å². The lowest BCUT2D eigenvalue weighted by Gasteiger charge is -2.08. The van der Waals surface area contributed by atoms with Crippen LogP contribution in [0.5, 0.6) is 5.75 Å². The van der Waals surface area contributed by atoms with Crippen molar-refractivity contribution in [3.63, 3.8) is 0 Å².